The summed E-state index contributed by atoms with van der Waals surface area (Å²) >= 11 is 1.57. The lowest BCUT2D eigenvalue weighted by molar-refractivity contribution is -0.119. The zero-order valence-electron chi connectivity index (χ0n) is 22.4. The molecule has 10 heteroatoms. The number of para-hydroxylation sites is 1. The maximum atomic E-state index is 13.1. The van der Waals surface area contributed by atoms with E-state index in [-0.39, 0.29) is 18.8 Å². The van der Waals surface area contributed by atoms with Crippen molar-refractivity contribution in [3.05, 3.63) is 114 Å². The van der Waals surface area contributed by atoms with Crippen LogP contribution in [0.1, 0.15) is 16.7 Å². The van der Waals surface area contributed by atoms with Crippen LogP contribution >= 0.6 is 11.8 Å². The summed E-state index contributed by atoms with van der Waals surface area (Å²) in [5, 5.41) is 25.8. The molecular formula is C32H27N5O4S. The van der Waals surface area contributed by atoms with Crippen molar-refractivity contribution in [2.75, 3.05) is 10.2 Å². The highest BCUT2D eigenvalue weighted by Gasteiger charge is 2.41. The lowest BCUT2D eigenvalue weighted by Gasteiger charge is -2.23. The lowest BCUT2D eigenvalue weighted by Crippen LogP contribution is -2.37. The van der Waals surface area contributed by atoms with Crippen molar-refractivity contribution in [2.45, 2.75) is 35.4 Å². The molecule has 0 radical (unpaired) electrons. The Labute approximate surface area is 246 Å². The first kappa shape index (κ1) is 27.3. The van der Waals surface area contributed by atoms with Gasteiger partial charge in [0.05, 0.1) is 12.1 Å². The third-order valence-corrected chi connectivity index (χ3v) is 8.25. The maximum absolute atomic E-state index is 13.1. The fraction of sp³-hybridized carbons (Fsp3) is 0.125. The number of nitrogens with zero attached hydrogens (tertiary/aromatic N) is 3. The number of benzene rings is 4. The van der Waals surface area contributed by atoms with Crippen LogP contribution in [0.25, 0.3) is 10.9 Å². The molecule has 210 valence electrons. The van der Waals surface area contributed by atoms with Gasteiger partial charge in [-0.15, -0.1) is 0 Å². The van der Waals surface area contributed by atoms with Crippen LogP contribution in [0.4, 0.5) is 16.6 Å². The van der Waals surface area contributed by atoms with E-state index in [9.17, 15) is 19.8 Å². The Balaban J connectivity index is 1.31. The summed E-state index contributed by atoms with van der Waals surface area (Å²) in [6, 6.07) is 28.2. The van der Waals surface area contributed by atoms with E-state index in [0.717, 1.165) is 26.5 Å². The lowest BCUT2D eigenvalue weighted by atomic mass is 10.0. The number of aromatic hydroxyl groups is 1. The molecule has 1 fully saturated rings. The summed E-state index contributed by atoms with van der Waals surface area (Å²) in [6.07, 6.45) is 0.249. The van der Waals surface area contributed by atoms with E-state index in [1.807, 2.05) is 72.8 Å². The van der Waals surface area contributed by atoms with E-state index in [2.05, 4.69) is 10.6 Å². The zero-order valence-corrected chi connectivity index (χ0v) is 23.2. The van der Waals surface area contributed by atoms with Crippen molar-refractivity contribution in [1.29, 1.82) is 0 Å². The number of phenols is 1. The standard InChI is InChI=1S/C32H27N5O4S/c38-19-22-8-2-6-12-28(22)42-27-11-5-1-7-21(27)18-33-31-34-25-10-4-3-9-24(25)29(35-31)37-26(30(40)36-32(37)41)17-20-13-15-23(39)16-14-20/h1-16,26,38-39H,17-19H2,(H,33,34,35)(H,36,40,41). The molecule has 1 aromatic heterocycles. The number of hydrogen-bond acceptors (Lipinski definition) is 8. The van der Waals surface area contributed by atoms with Crippen molar-refractivity contribution in [3.8, 4) is 5.75 Å². The quantitative estimate of drug-likeness (QED) is 0.175. The third-order valence-electron chi connectivity index (χ3n) is 7.01. The van der Waals surface area contributed by atoms with Crippen molar-refractivity contribution in [1.82, 2.24) is 15.3 Å². The predicted molar refractivity (Wildman–Crippen MR) is 161 cm³/mol. The van der Waals surface area contributed by atoms with Crippen LogP contribution in [0.15, 0.2) is 107 Å². The molecule has 1 aliphatic rings. The van der Waals surface area contributed by atoms with E-state index >= 15 is 0 Å². The van der Waals surface area contributed by atoms with Crippen LogP contribution < -0.4 is 15.5 Å². The number of nitrogens with one attached hydrogen (secondary N) is 2. The van der Waals surface area contributed by atoms with Gasteiger partial charge in [-0.1, -0.05) is 72.4 Å². The number of hydrogen-bond donors (Lipinski definition) is 4. The van der Waals surface area contributed by atoms with Crippen molar-refractivity contribution in [3.63, 3.8) is 0 Å². The number of anilines is 2. The average molecular weight is 578 g/mol. The zero-order chi connectivity index (χ0) is 29.1. The third kappa shape index (κ3) is 5.63. The largest absolute Gasteiger partial charge is 0.508 e. The highest BCUT2D eigenvalue weighted by Crippen LogP contribution is 2.34. The monoisotopic (exact) mass is 577 g/mol. The first-order chi connectivity index (χ1) is 20.5. The Morgan fingerprint density at radius 1 is 0.833 bits per heavy atom. The van der Waals surface area contributed by atoms with Gasteiger partial charge in [0.2, 0.25) is 5.95 Å². The Kier molecular flexibility index (Phi) is 7.72. The van der Waals surface area contributed by atoms with E-state index in [1.165, 1.54) is 4.90 Å². The van der Waals surface area contributed by atoms with Gasteiger partial charge < -0.3 is 15.5 Å². The number of aliphatic hydroxyl groups excluding tert-OH is 1. The number of aromatic nitrogens is 2. The van der Waals surface area contributed by atoms with Gasteiger partial charge in [-0.3, -0.25) is 15.0 Å². The number of carbonyl (C=O) groups excluding carboxylic acids is 2. The fourth-order valence-corrected chi connectivity index (χ4v) is 5.95. The van der Waals surface area contributed by atoms with Crippen LogP contribution in [0, 0.1) is 0 Å². The van der Waals surface area contributed by atoms with Gasteiger partial charge in [0.25, 0.3) is 5.91 Å². The molecule has 1 aliphatic heterocycles. The second-order valence-electron chi connectivity index (χ2n) is 9.77. The number of amides is 3. The first-order valence-corrected chi connectivity index (χ1v) is 14.2. The van der Waals surface area contributed by atoms with Crippen LogP contribution in [0.3, 0.4) is 0 Å². The minimum Gasteiger partial charge on any atom is -0.508 e. The van der Waals surface area contributed by atoms with E-state index < -0.39 is 18.0 Å². The first-order valence-electron chi connectivity index (χ1n) is 13.4. The molecule has 4 aromatic carbocycles. The number of phenolic OH excluding ortho intramolecular Hbond substituents is 1. The second-order valence-corrected chi connectivity index (χ2v) is 10.9. The van der Waals surface area contributed by atoms with Crippen LogP contribution in [0.2, 0.25) is 0 Å². The van der Waals surface area contributed by atoms with Crippen LogP contribution in [-0.2, 0) is 24.4 Å². The molecule has 1 saturated heterocycles. The Morgan fingerprint density at radius 2 is 1.50 bits per heavy atom. The SMILES string of the molecule is O=C1NC(=O)N(c2nc(NCc3ccccc3Sc3ccccc3CO)nc3ccccc23)C1Cc1ccc(O)cc1. The van der Waals surface area contributed by atoms with Gasteiger partial charge in [-0.05, 0) is 53.1 Å². The van der Waals surface area contributed by atoms with Crippen molar-refractivity contribution >= 4 is 46.4 Å². The Hall–Kier alpha value is -4.93. The molecule has 3 amide bonds. The predicted octanol–water partition coefficient (Wildman–Crippen LogP) is 5.26. The minimum absolute atomic E-state index is 0.0440. The molecule has 5 aromatic rings. The molecule has 9 nitrogen and oxygen atoms in total. The number of aliphatic hydroxyl groups is 1. The minimum atomic E-state index is -0.822. The van der Waals surface area contributed by atoms with Gasteiger partial charge >= 0.3 is 6.03 Å². The van der Waals surface area contributed by atoms with Crippen molar-refractivity contribution in [2.24, 2.45) is 0 Å². The van der Waals surface area contributed by atoms with Gasteiger partial charge in [-0.25, -0.2) is 9.78 Å². The highest BCUT2D eigenvalue weighted by molar-refractivity contribution is 7.99. The van der Waals surface area contributed by atoms with Crippen LogP contribution in [-0.4, -0.2) is 38.2 Å². The molecule has 42 heavy (non-hydrogen) atoms. The number of rotatable bonds is 9. The molecule has 6 rings (SSSR count). The molecule has 0 aliphatic carbocycles. The molecule has 2 heterocycles. The fourth-order valence-electron chi connectivity index (χ4n) is 4.89. The van der Waals surface area contributed by atoms with Crippen LogP contribution in [0.5, 0.6) is 5.75 Å². The summed E-state index contributed by atoms with van der Waals surface area (Å²) in [6.45, 7) is 0.363. The maximum Gasteiger partial charge on any atom is 0.330 e. The van der Waals surface area contributed by atoms with E-state index in [4.69, 9.17) is 9.97 Å². The number of imide groups is 1. The number of urea groups is 1. The molecular weight excluding hydrogens is 550 g/mol. The molecule has 0 bridgehead atoms. The average Bonchev–Trinajstić information content (AvgIpc) is 3.29. The summed E-state index contributed by atoms with van der Waals surface area (Å²) in [7, 11) is 0. The topological polar surface area (TPSA) is 128 Å². The smallest absolute Gasteiger partial charge is 0.330 e. The van der Waals surface area contributed by atoms with Crippen molar-refractivity contribution < 1.29 is 19.8 Å². The molecule has 1 atom stereocenters. The van der Waals surface area contributed by atoms with E-state index in [0.29, 0.717) is 29.2 Å². The molecule has 1 unspecified atom stereocenters. The molecule has 4 N–H and O–H groups in total. The molecule has 0 saturated carbocycles. The Morgan fingerprint density at radius 3 is 2.26 bits per heavy atom. The van der Waals surface area contributed by atoms with Gasteiger partial charge in [0.1, 0.15) is 11.8 Å². The summed E-state index contributed by atoms with van der Waals surface area (Å²) in [5.74, 6) is 0.349. The van der Waals surface area contributed by atoms with Gasteiger partial charge in [-0.2, -0.15) is 4.98 Å². The van der Waals surface area contributed by atoms with Gasteiger partial charge in [0.15, 0.2) is 5.82 Å². The number of carbonyl (C=O) groups is 2. The van der Waals surface area contributed by atoms with E-state index in [1.54, 1.807) is 36.0 Å². The number of fused-ring (bicyclic) bond motifs is 1. The summed E-state index contributed by atoms with van der Waals surface area (Å²) in [4.78, 5) is 38.8. The highest BCUT2D eigenvalue weighted by atomic mass is 32.2. The summed E-state index contributed by atoms with van der Waals surface area (Å²) < 4.78 is 0. The Bertz CT molecular complexity index is 1780. The van der Waals surface area contributed by atoms with Gasteiger partial charge in [0, 0.05) is 28.1 Å². The molecule has 0 spiro atoms. The normalized spacial score (nSPS) is 14.8. The summed E-state index contributed by atoms with van der Waals surface area (Å²) in [5.41, 5.74) is 3.28. The second kappa shape index (κ2) is 11.9.